The number of pyridine rings is 1. The summed E-state index contributed by atoms with van der Waals surface area (Å²) in [4.78, 5) is 8.87. The van der Waals surface area contributed by atoms with Gasteiger partial charge in [-0.1, -0.05) is 0 Å². The standard InChI is InChI=1S/C16H10FN3S/c17-13-4-1-11(2-5-13)14-8-20-7-12(3-6-16(20)19-14)15-9-21-10-18-15/h1-10H. The predicted molar refractivity (Wildman–Crippen MR) is 81.7 cm³/mol. The van der Waals surface area contributed by atoms with E-state index >= 15 is 0 Å². The van der Waals surface area contributed by atoms with Crippen LogP contribution in [0, 0.1) is 5.82 Å². The van der Waals surface area contributed by atoms with Crippen molar-refractivity contribution in [1.82, 2.24) is 14.4 Å². The highest BCUT2D eigenvalue weighted by molar-refractivity contribution is 7.07. The van der Waals surface area contributed by atoms with Gasteiger partial charge in [-0.2, -0.15) is 0 Å². The summed E-state index contributed by atoms with van der Waals surface area (Å²) in [5, 5.41) is 2.01. The van der Waals surface area contributed by atoms with Gasteiger partial charge >= 0.3 is 0 Å². The fourth-order valence-electron chi connectivity index (χ4n) is 2.26. The van der Waals surface area contributed by atoms with Crippen LogP contribution in [0.5, 0.6) is 0 Å². The molecule has 4 aromatic rings. The zero-order chi connectivity index (χ0) is 14.2. The van der Waals surface area contributed by atoms with Gasteiger partial charge in [-0.25, -0.2) is 14.4 Å². The second-order valence-electron chi connectivity index (χ2n) is 4.69. The SMILES string of the molecule is Fc1ccc(-c2cn3cc(-c4cscn4)ccc3n2)cc1. The van der Waals surface area contributed by atoms with E-state index in [1.807, 2.05) is 39.8 Å². The number of imidazole rings is 1. The van der Waals surface area contributed by atoms with Gasteiger partial charge in [-0.15, -0.1) is 11.3 Å². The molecule has 21 heavy (non-hydrogen) atoms. The van der Waals surface area contributed by atoms with Crippen molar-refractivity contribution in [3.63, 3.8) is 0 Å². The Kier molecular flexibility index (Phi) is 2.79. The van der Waals surface area contributed by atoms with Crippen LogP contribution in [0.15, 0.2) is 59.7 Å². The van der Waals surface area contributed by atoms with E-state index in [0.717, 1.165) is 28.2 Å². The van der Waals surface area contributed by atoms with Crippen LogP contribution < -0.4 is 0 Å². The molecule has 0 spiro atoms. The van der Waals surface area contributed by atoms with Gasteiger partial charge in [0.15, 0.2) is 0 Å². The average Bonchev–Trinajstić information content (AvgIpc) is 3.16. The lowest BCUT2D eigenvalue weighted by Crippen LogP contribution is -1.85. The zero-order valence-electron chi connectivity index (χ0n) is 10.9. The summed E-state index contributed by atoms with van der Waals surface area (Å²) >= 11 is 1.57. The normalized spacial score (nSPS) is 11.1. The van der Waals surface area contributed by atoms with Crippen LogP contribution in [0.2, 0.25) is 0 Å². The molecule has 0 saturated heterocycles. The van der Waals surface area contributed by atoms with E-state index in [-0.39, 0.29) is 5.82 Å². The molecule has 0 aliphatic heterocycles. The Morgan fingerprint density at radius 1 is 0.905 bits per heavy atom. The minimum absolute atomic E-state index is 0.242. The van der Waals surface area contributed by atoms with Crippen LogP contribution in [-0.2, 0) is 0 Å². The molecule has 0 saturated carbocycles. The fourth-order valence-corrected chi connectivity index (χ4v) is 2.82. The topological polar surface area (TPSA) is 30.2 Å². The van der Waals surface area contributed by atoms with Crippen molar-refractivity contribution in [2.24, 2.45) is 0 Å². The maximum Gasteiger partial charge on any atom is 0.137 e. The molecular formula is C16H10FN3S. The Bertz CT molecular complexity index is 895. The highest BCUT2D eigenvalue weighted by Gasteiger charge is 2.06. The summed E-state index contributed by atoms with van der Waals surface area (Å²) in [5.41, 5.74) is 6.40. The van der Waals surface area contributed by atoms with E-state index in [4.69, 9.17) is 0 Å². The van der Waals surface area contributed by atoms with Crippen molar-refractivity contribution in [1.29, 1.82) is 0 Å². The lowest BCUT2D eigenvalue weighted by molar-refractivity contribution is 0.628. The Hall–Kier alpha value is -2.53. The third-order valence-corrected chi connectivity index (χ3v) is 3.91. The first-order valence-electron chi connectivity index (χ1n) is 6.43. The van der Waals surface area contributed by atoms with E-state index in [1.165, 1.54) is 12.1 Å². The lowest BCUT2D eigenvalue weighted by Gasteiger charge is -1.97. The highest BCUT2D eigenvalue weighted by atomic mass is 32.1. The molecule has 0 aliphatic carbocycles. The van der Waals surface area contributed by atoms with Crippen LogP contribution >= 0.6 is 11.3 Å². The minimum Gasteiger partial charge on any atom is -0.306 e. The van der Waals surface area contributed by atoms with Crippen molar-refractivity contribution in [2.45, 2.75) is 0 Å². The molecule has 102 valence electrons. The molecule has 0 atom stereocenters. The number of hydrogen-bond donors (Lipinski definition) is 0. The van der Waals surface area contributed by atoms with Gasteiger partial charge in [0.1, 0.15) is 11.5 Å². The van der Waals surface area contributed by atoms with Gasteiger partial charge in [-0.05, 0) is 36.4 Å². The summed E-state index contributed by atoms with van der Waals surface area (Å²) in [6, 6.07) is 10.3. The first-order valence-corrected chi connectivity index (χ1v) is 7.37. The van der Waals surface area contributed by atoms with Crippen LogP contribution in [0.25, 0.3) is 28.2 Å². The summed E-state index contributed by atoms with van der Waals surface area (Å²) in [5.74, 6) is -0.242. The minimum atomic E-state index is -0.242. The lowest BCUT2D eigenvalue weighted by atomic mass is 10.2. The maximum absolute atomic E-state index is 13.0. The summed E-state index contributed by atoms with van der Waals surface area (Å²) < 4.78 is 15.0. The molecule has 0 unspecified atom stereocenters. The Morgan fingerprint density at radius 2 is 1.71 bits per heavy atom. The molecule has 0 radical (unpaired) electrons. The van der Waals surface area contributed by atoms with Gasteiger partial charge in [0.2, 0.25) is 0 Å². The molecule has 5 heteroatoms. The Balaban J connectivity index is 1.81. The number of halogens is 1. The number of thiazole rings is 1. The second-order valence-corrected chi connectivity index (χ2v) is 5.41. The highest BCUT2D eigenvalue weighted by Crippen LogP contribution is 2.23. The van der Waals surface area contributed by atoms with Crippen molar-refractivity contribution in [3.8, 4) is 22.5 Å². The number of aromatic nitrogens is 3. The maximum atomic E-state index is 13.0. The largest absolute Gasteiger partial charge is 0.306 e. The number of nitrogens with zero attached hydrogens (tertiary/aromatic N) is 3. The quantitative estimate of drug-likeness (QED) is 0.553. The first-order chi connectivity index (χ1) is 10.3. The predicted octanol–water partition coefficient (Wildman–Crippen LogP) is 4.26. The summed E-state index contributed by atoms with van der Waals surface area (Å²) in [6.07, 6.45) is 3.95. The molecule has 0 N–H and O–H groups in total. The molecule has 0 bridgehead atoms. The average molecular weight is 295 g/mol. The molecule has 3 nitrogen and oxygen atoms in total. The number of benzene rings is 1. The number of rotatable bonds is 2. The fraction of sp³-hybridized carbons (Fsp3) is 0. The van der Waals surface area contributed by atoms with E-state index in [9.17, 15) is 4.39 Å². The van der Waals surface area contributed by atoms with E-state index < -0.39 is 0 Å². The van der Waals surface area contributed by atoms with Crippen LogP contribution in [0.3, 0.4) is 0 Å². The first kappa shape index (κ1) is 12.2. The molecule has 0 fully saturated rings. The smallest absolute Gasteiger partial charge is 0.137 e. The van der Waals surface area contributed by atoms with Gasteiger partial charge in [-0.3, -0.25) is 0 Å². The summed E-state index contributed by atoms with van der Waals surface area (Å²) in [6.45, 7) is 0. The van der Waals surface area contributed by atoms with E-state index in [0.29, 0.717) is 0 Å². The van der Waals surface area contributed by atoms with Crippen molar-refractivity contribution < 1.29 is 4.39 Å². The molecule has 3 aromatic heterocycles. The number of fused-ring (bicyclic) bond motifs is 1. The molecule has 1 aromatic carbocycles. The molecule has 4 rings (SSSR count). The van der Waals surface area contributed by atoms with Crippen molar-refractivity contribution in [2.75, 3.05) is 0 Å². The molecular weight excluding hydrogens is 285 g/mol. The summed E-state index contributed by atoms with van der Waals surface area (Å²) in [7, 11) is 0. The molecule has 0 aliphatic rings. The van der Waals surface area contributed by atoms with Crippen molar-refractivity contribution in [3.05, 3.63) is 65.5 Å². The second kappa shape index (κ2) is 4.79. The Labute approximate surface area is 124 Å². The van der Waals surface area contributed by atoms with E-state index in [1.54, 1.807) is 23.5 Å². The van der Waals surface area contributed by atoms with Gasteiger partial charge in [0.05, 0.1) is 16.9 Å². The molecule has 3 heterocycles. The van der Waals surface area contributed by atoms with Crippen molar-refractivity contribution >= 4 is 17.0 Å². The third kappa shape index (κ3) is 2.21. The number of hydrogen-bond acceptors (Lipinski definition) is 3. The van der Waals surface area contributed by atoms with Crippen LogP contribution in [0.1, 0.15) is 0 Å². The monoisotopic (exact) mass is 295 g/mol. The van der Waals surface area contributed by atoms with Gasteiger partial charge in [0, 0.05) is 28.9 Å². The van der Waals surface area contributed by atoms with Crippen LogP contribution in [-0.4, -0.2) is 14.4 Å². The van der Waals surface area contributed by atoms with Gasteiger partial charge < -0.3 is 4.40 Å². The molecule has 0 amide bonds. The Morgan fingerprint density at radius 3 is 2.48 bits per heavy atom. The zero-order valence-corrected chi connectivity index (χ0v) is 11.7. The van der Waals surface area contributed by atoms with Crippen LogP contribution in [0.4, 0.5) is 4.39 Å². The third-order valence-electron chi connectivity index (χ3n) is 3.32. The van der Waals surface area contributed by atoms with Gasteiger partial charge in [0.25, 0.3) is 0 Å². The van der Waals surface area contributed by atoms with E-state index in [2.05, 4.69) is 9.97 Å².